The summed E-state index contributed by atoms with van der Waals surface area (Å²) in [4.78, 5) is 20.1. The lowest BCUT2D eigenvalue weighted by Crippen LogP contribution is -2.41. The van der Waals surface area contributed by atoms with Crippen molar-refractivity contribution < 1.29 is 24.9 Å². The Morgan fingerprint density at radius 1 is 1.33 bits per heavy atom. The van der Waals surface area contributed by atoms with Crippen LogP contribution >= 0.6 is 0 Å². The van der Waals surface area contributed by atoms with Crippen molar-refractivity contribution in [2.45, 2.75) is 25.0 Å². The highest BCUT2D eigenvalue weighted by molar-refractivity contribution is 5.74. The molecule has 70 valence electrons. The lowest BCUT2D eigenvalue weighted by Gasteiger charge is -2.12. The van der Waals surface area contributed by atoms with Gasteiger partial charge in [-0.05, 0) is 6.42 Å². The van der Waals surface area contributed by atoms with E-state index in [0.29, 0.717) is 0 Å². The number of aliphatic hydroxyl groups excluding tert-OH is 1. The monoisotopic (exact) mass is 177 g/mol. The van der Waals surface area contributed by atoms with E-state index in [-0.39, 0.29) is 12.8 Å². The second-order valence-corrected chi connectivity index (χ2v) is 2.36. The van der Waals surface area contributed by atoms with E-state index < -0.39 is 24.1 Å². The molecule has 6 heteroatoms. The molecular weight excluding hydrogens is 166 g/mol. The number of aliphatic hydroxyl groups is 1. The van der Waals surface area contributed by atoms with Gasteiger partial charge in [0, 0.05) is 6.42 Å². The summed E-state index contributed by atoms with van der Waals surface area (Å²) in [7, 11) is 0. The molecule has 0 aliphatic heterocycles. The molecule has 0 aliphatic rings. The molecular formula is C6H11NO5. The molecule has 0 aromatic heterocycles. The molecule has 5 N–H and O–H groups in total. The molecule has 0 unspecified atom stereocenters. The number of hydrogen-bond acceptors (Lipinski definition) is 4. The van der Waals surface area contributed by atoms with Gasteiger partial charge >= 0.3 is 11.9 Å². The van der Waals surface area contributed by atoms with E-state index in [0.717, 1.165) is 0 Å². The standard InChI is InChI=1S/C6H11NO5/c7-5(6(11)12)3(8)1-2-4(9)10/h3,5,8H,1-2,7H2,(H,9,10)(H,11,12)/t3-,5-/m0/s1. The SMILES string of the molecule is N[C@H](C(=O)O)[C@@H](O)CCC(=O)O. The van der Waals surface area contributed by atoms with E-state index >= 15 is 0 Å². The Morgan fingerprint density at radius 2 is 1.83 bits per heavy atom. The normalized spacial score (nSPS) is 15.2. The van der Waals surface area contributed by atoms with Crippen molar-refractivity contribution in [2.75, 3.05) is 0 Å². The van der Waals surface area contributed by atoms with Crippen LogP contribution in [0.2, 0.25) is 0 Å². The first-order valence-electron chi connectivity index (χ1n) is 3.33. The third-order valence-electron chi connectivity index (χ3n) is 1.35. The molecule has 0 saturated heterocycles. The van der Waals surface area contributed by atoms with Gasteiger partial charge in [0.25, 0.3) is 0 Å². The average molecular weight is 177 g/mol. The summed E-state index contributed by atoms with van der Waals surface area (Å²) >= 11 is 0. The topological polar surface area (TPSA) is 121 Å². The van der Waals surface area contributed by atoms with Gasteiger partial charge in [-0.3, -0.25) is 9.59 Å². The van der Waals surface area contributed by atoms with Crippen molar-refractivity contribution in [2.24, 2.45) is 5.73 Å². The van der Waals surface area contributed by atoms with Crippen LogP contribution in [-0.4, -0.2) is 39.4 Å². The number of aliphatic carboxylic acids is 2. The number of carboxylic acid groups (broad SMARTS) is 2. The molecule has 6 nitrogen and oxygen atoms in total. The van der Waals surface area contributed by atoms with Gasteiger partial charge in [0.15, 0.2) is 0 Å². The Kier molecular flexibility index (Phi) is 4.24. The van der Waals surface area contributed by atoms with Crippen LogP contribution in [0.1, 0.15) is 12.8 Å². The molecule has 0 rings (SSSR count). The van der Waals surface area contributed by atoms with Crippen LogP contribution in [0, 0.1) is 0 Å². The molecule has 12 heavy (non-hydrogen) atoms. The van der Waals surface area contributed by atoms with Crippen LogP contribution in [0.3, 0.4) is 0 Å². The van der Waals surface area contributed by atoms with Crippen LogP contribution in [0.15, 0.2) is 0 Å². The predicted octanol–water partition coefficient (Wildman–Crippen LogP) is -1.38. The van der Waals surface area contributed by atoms with Crippen molar-refractivity contribution in [3.8, 4) is 0 Å². The van der Waals surface area contributed by atoms with Crippen molar-refractivity contribution in [3.05, 3.63) is 0 Å². The van der Waals surface area contributed by atoms with Gasteiger partial charge in [0.1, 0.15) is 6.04 Å². The first kappa shape index (κ1) is 10.9. The molecule has 0 amide bonds. The Bertz CT molecular complexity index is 181. The third-order valence-corrected chi connectivity index (χ3v) is 1.35. The number of rotatable bonds is 5. The van der Waals surface area contributed by atoms with Crippen LogP contribution in [-0.2, 0) is 9.59 Å². The smallest absolute Gasteiger partial charge is 0.323 e. The highest BCUT2D eigenvalue weighted by atomic mass is 16.4. The summed E-state index contributed by atoms with van der Waals surface area (Å²) in [5.74, 6) is -2.43. The zero-order valence-electron chi connectivity index (χ0n) is 6.30. The average Bonchev–Trinajstić information content (AvgIpc) is 1.98. The number of carbonyl (C=O) groups is 2. The highest BCUT2D eigenvalue weighted by Gasteiger charge is 2.22. The summed E-state index contributed by atoms with van der Waals surface area (Å²) in [6, 6.07) is -1.41. The maximum atomic E-state index is 10.2. The molecule has 0 aromatic rings. The molecule has 0 aromatic carbocycles. The zero-order chi connectivity index (χ0) is 9.72. The van der Waals surface area contributed by atoms with Gasteiger partial charge in [0.05, 0.1) is 6.10 Å². The minimum Gasteiger partial charge on any atom is -0.481 e. The summed E-state index contributed by atoms with van der Waals surface area (Å²) in [5.41, 5.74) is 5.00. The summed E-state index contributed by atoms with van der Waals surface area (Å²) < 4.78 is 0. The Hall–Kier alpha value is -1.14. The quantitative estimate of drug-likeness (QED) is 0.411. The Morgan fingerprint density at radius 3 is 2.17 bits per heavy atom. The summed E-state index contributed by atoms with van der Waals surface area (Å²) in [5, 5.41) is 25.4. The number of nitrogens with two attached hydrogens (primary N) is 1. The minimum absolute atomic E-state index is 0.150. The van der Waals surface area contributed by atoms with Gasteiger partial charge in [-0.1, -0.05) is 0 Å². The van der Waals surface area contributed by atoms with Crippen molar-refractivity contribution in [1.82, 2.24) is 0 Å². The minimum atomic E-state index is -1.41. The molecule has 0 fully saturated rings. The molecule has 0 heterocycles. The lowest BCUT2D eigenvalue weighted by atomic mass is 10.1. The highest BCUT2D eigenvalue weighted by Crippen LogP contribution is 2.00. The molecule has 0 aliphatic carbocycles. The van der Waals surface area contributed by atoms with E-state index in [1.165, 1.54) is 0 Å². The van der Waals surface area contributed by atoms with Gasteiger partial charge in [-0.2, -0.15) is 0 Å². The van der Waals surface area contributed by atoms with Gasteiger partial charge in [-0.25, -0.2) is 0 Å². The van der Waals surface area contributed by atoms with E-state index in [1.54, 1.807) is 0 Å². The van der Waals surface area contributed by atoms with Gasteiger partial charge in [-0.15, -0.1) is 0 Å². The predicted molar refractivity (Wildman–Crippen MR) is 38.5 cm³/mol. The van der Waals surface area contributed by atoms with E-state index in [9.17, 15) is 9.59 Å². The van der Waals surface area contributed by atoms with Gasteiger partial charge < -0.3 is 21.1 Å². The third kappa shape index (κ3) is 3.89. The first-order valence-corrected chi connectivity index (χ1v) is 3.33. The molecule has 2 atom stereocenters. The van der Waals surface area contributed by atoms with Crippen LogP contribution in [0.25, 0.3) is 0 Å². The lowest BCUT2D eigenvalue weighted by molar-refractivity contribution is -0.143. The molecule has 0 radical (unpaired) electrons. The fraction of sp³-hybridized carbons (Fsp3) is 0.667. The fourth-order valence-electron chi connectivity index (χ4n) is 0.615. The Labute approximate surface area is 68.6 Å². The molecule has 0 spiro atoms. The van der Waals surface area contributed by atoms with Crippen LogP contribution in [0.4, 0.5) is 0 Å². The maximum Gasteiger partial charge on any atom is 0.323 e. The molecule has 0 saturated carbocycles. The summed E-state index contributed by atoms with van der Waals surface area (Å²) in [6.45, 7) is 0. The Balaban J connectivity index is 3.79. The second-order valence-electron chi connectivity index (χ2n) is 2.36. The van der Waals surface area contributed by atoms with Crippen LogP contribution in [0.5, 0.6) is 0 Å². The summed E-state index contributed by atoms with van der Waals surface area (Å²) in [6.07, 6.45) is -1.75. The van der Waals surface area contributed by atoms with E-state index in [4.69, 9.17) is 21.1 Å². The number of carboxylic acids is 2. The fourth-order valence-corrected chi connectivity index (χ4v) is 0.615. The first-order chi connectivity index (χ1) is 5.45. The van der Waals surface area contributed by atoms with E-state index in [2.05, 4.69) is 0 Å². The van der Waals surface area contributed by atoms with Crippen molar-refractivity contribution in [1.29, 1.82) is 0 Å². The van der Waals surface area contributed by atoms with Gasteiger partial charge in [0.2, 0.25) is 0 Å². The number of hydrogen-bond donors (Lipinski definition) is 4. The zero-order valence-corrected chi connectivity index (χ0v) is 6.30. The van der Waals surface area contributed by atoms with Crippen molar-refractivity contribution in [3.63, 3.8) is 0 Å². The largest absolute Gasteiger partial charge is 0.481 e. The van der Waals surface area contributed by atoms with Crippen LogP contribution < -0.4 is 5.73 Å². The maximum absolute atomic E-state index is 10.2. The van der Waals surface area contributed by atoms with E-state index in [1.807, 2.05) is 0 Å². The molecule has 0 bridgehead atoms. The van der Waals surface area contributed by atoms with Crippen molar-refractivity contribution >= 4 is 11.9 Å². The second kappa shape index (κ2) is 4.68.